The molecular weight excluding hydrogens is 514 g/mol. The Kier molecular flexibility index (Phi) is 9.38. The van der Waals surface area contributed by atoms with Crippen molar-refractivity contribution >= 4 is 20.9 Å². The fraction of sp³-hybridized carbons (Fsp3) is 0.500. The number of rotatable bonds is 0. The van der Waals surface area contributed by atoms with Gasteiger partial charge in [-0.05, 0) is 0 Å². The van der Waals surface area contributed by atoms with Crippen LogP contribution in [0, 0.1) is 13.8 Å². The molecule has 0 unspecified atom stereocenters. The molecule has 4 rings (SSSR count). The molecule has 2 aliphatic rings. The van der Waals surface area contributed by atoms with Gasteiger partial charge in [0.1, 0.15) is 0 Å². The van der Waals surface area contributed by atoms with E-state index in [-0.39, 0.29) is 0 Å². The van der Waals surface area contributed by atoms with Gasteiger partial charge >= 0.3 is 46.4 Å². The number of halogens is 2. The summed E-state index contributed by atoms with van der Waals surface area (Å²) in [4.78, 5) is 0. The van der Waals surface area contributed by atoms with E-state index < -0.39 is 18.6 Å². The quantitative estimate of drug-likeness (QED) is 0.250. The predicted octanol–water partition coefficient (Wildman–Crippen LogP) is 6.92. The first-order valence-corrected chi connectivity index (χ1v) is 20.4. The molecule has 2 aromatic rings. The van der Waals surface area contributed by atoms with E-state index in [1.54, 1.807) is 22.3 Å². The number of aryl methyl sites for hydroxylation is 6. The zero-order chi connectivity index (χ0) is 18.2. The summed E-state index contributed by atoms with van der Waals surface area (Å²) < 4.78 is 1.91. The Labute approximate surface area is 168 Å². The van der Waals surface area contributed by atoms with E-state index in [1.807, 2.05) is 10.7 Å². The van der Waals surface area contributed by atoms with Crippen LogP contribution in [0.25, 0.3) is 0 Å². The van der Waals surface area contributed by atoms with Crippen LogP contribution in [-0.4, -0.2) is 3.76 Å². The van der Waals surface area contributed by atoms with Crippen LogP contribution < -0.4 is 0 Å². The molecule has 0 saturated carbocycles. The molecule has 25 heavy (non-hydrogen) atoms. The molecule has 138 valence electrons. The molecule has 0 fully saturated rings. The van der Waals surface area contributed by atoms with Crippen molar-refractivity contribution in [2.75, 3.05) is 0 Å². The monoisotopic (exact) mass is 544 g/mol. The third kappa shape index (κ3) is 7.27. The minimum Gasteiger partial charge on any atom is -0.207 e. The summed E-state index contributed by atoms with van der Waals surface area (Å²) in [6, 6.07) is 9.37. The minimum atomic E-state index is -1.88. The van der Waals surface area contributed by atoms with Gasteiger partial charge in [0.2, 0.25) is 0 Å². The summed E-state index contributed by atoms with van der Waals surface area (Å²) in [5.74, 6) is 0. The normalized spacial score (nSPS) is 14.9. The second-order valence-electron chi connectivity index (χ2n) is 7.16. The molecule has 0 spiro atoms. The number of fused-ring (bicyclic) bond motifs is 2. The van der Waals surface area contributed by atoms with E-state index in [9.17, 15) is 0 Å². The third-order valence-electron chi connectivity index (χ3n) is 4.94. The van der Waals surface area contributed by atoms with Crippen LogP contribution in [0.3, 0.4) is 0 Å². The molecule has 0 heterocycles. The molecule has 2 aromatic carbocycles. The SMILES string of the molecule is C[CH]=[Hf]([Cl])[Cl].Cc1cc2c([cH-]1)CCCC2.Cc1cc2c([cH-]1)CCCC2. The summed E-state index contributed by atoms with van der Waals surface area (Å²) in [7, 11) is 10.8. The van der Waals surface area contributed by atoms with Crippen LogP contribution in [0.4, 0.5) is 0 Å². The molecule has 0 aromatic heterocycles. The van der Waals surface area contributed by atoms with E-state index in [1.165, 1.54) is 62.5 Å². The average molecular weight is 544 g/mol. The first kappa shape index (κ1) is 21.3. The fourth-order valence-corrected chi connectivity index (χ4v) is 3.75. The minimum absolute atomic E-state index is 1.32. The predicted molar refractivity (Wildman–Crippen MR) is 110 cm³/mol. The van der Waals surface area contributed by atoms with Gasteiger partial charge in [0.25, 0.3) is 0 Å². The van der Waals surface area contributed by atoms with Crippen LogP contribution in [0.15, 0.2) is 24.3 Å². The molecule has 0 nitrogen and oxygen atoms in total. The second-order valence-corrected chi connectivity index (χ2v) is 19.6. The van der Waals surface area contributed by atoms with Crippen LogP contribution in [0.5, 0.6) is 0 Å². The zero-order valence-corrected chi connectivity index (χ0v) is 20.9. The van der Waals surface area contributed by atoms with Crippen LogP contribution in [0.2, 0.25) is 0 Å². The van der Waals surface area contributed by atoms with Crippen molar-refractivity contribution in [3.63, 3.8) is 0 Å². The van der Waals surface area contributed by atoms with Gasteiger partial charge in [0, 0.05) is 0 Å². The van der Waals surface area contributed by atoms with E-state index in [0.717, 1.165) is 0 Å². The van der Waals surface area contributed by atoms with Gasteiger partial charge in [-0.1, -0.05) is 65.2 Å². The standard InChI is InChI=1S/2C10H13.C2H4.2ClH.Hf/c2*1-8-6-9-4-2-3-5-10(9)7-8;1-2;;;/h2*6-7H,2-5H2,1H3;1H,2H3;2*1H;/q2*-1;;;;+2/p-2. The molecule has 3 heteroatoms. The van der Waals surface area contributed by atoms with Gasteiger partial charge in [-0.3, -0.25) is 0 Å². The molecular formula is C22H30Cl2Hf-2. The molecule has 0 atom stereocenters. The average Bonchev–Trinajstić information content (AvgIpc) is 3.16. The molecule has 0 amide bonds. The summed E-state index contributed by atoms with van der Waals surface area (Å²) in [5.41, 5.74) is 9.36. The van der Waals surface area contributed by atoms with Gasteiger partial charge in [-0.2, -0.15) is 45.5 Å². The zero-order valence-electron chi connectivity index (χ0n) is 15.8. The Balaban J connectivity index is 0.000000144. The summed E-state index contributed by atoms with van der Waals surface area (Å²) >= 11 is -1.88. The van der Waals surface area contributed by atoms with Crippen molar-refractivity contribution in [3.8, 4) is 0 Å². The van der Waals surface area contributed by atoms with Gasteiger partial charge in [0.05, 0.1) is 0 Å². The fourth-order valence-electron chi connectivity index (χ4n) is 3.75. The van der Waals surface area contributed by atoms with Crippen LogP contribution in [-0.2, 0) is 44.3 Å². The van der Waals surface area contributed by atoms with Gasteiger partial charge in [-0.15, -0.1) is 0 Å². The van der Waals surface area contributed by atoms with E-state index in [0.29, 0.717) is 0 Å². The van der Waals surface area contributed by atoms with E-state index in [4.69, 9.17) is 17.2 Å². The Hall–Kier alpha value is 0.0201. The van der Waals surface area contributed by atoms with Gasteiger partial charge in [-0.25, -0.2) is 12.1 Å². The van der Waals surface area contributed by atoms with E-state index >= 15 is 0 Å². The molecule has 0 N–H and O–H groups in total. The summed E-state index contributed by atoms with van der Waals surface area (Å²) in [5, 5.41) is 0. The second kappa shape index (κ2) is 11.0. The largest absolute Gasteiger partial charge is 0.207 e. The van der Waals surface area contributed by atoms with Crippen LogP contribution >= 0.6 is 17.2 Å². The summed E-state index contributed by atoms with van der Waals surface area (Å²) in [6.45, 7) is 6.29. The Morgan fingerprint density at radius 3 is 1.48 bits per heavy atom. The maximum atomic E-state index is 5.39. The smallest absolute Gasteiger partial charge is 0.0512 e. The van der Waals surface area contributed by atoms with Crippen molar-refractivity contribution in [2.24, 2.45) is 0 Å². The van der Waals surface area contributed by atoms with Gasteiger partial charge < -0.3 is 0 Å². The van der Waals surface area contributed by atoms with Crippen molar-refractivity contribution in [1.29, 1.82) is 0 Å². The Bertz CT molecular complexity index is 588. The first-order valence-electron chi connectivity index (χ1n) is 9.47. The molecule has 0 aliphatic heterocycles. The maximum absolute atomic E-state index is 5.39. The first-order chi connectivity index (χ1) is 12.0. The maximum Gasteiger partial charge on any atom is -0.0512 e. The molecule has 0 saturated heterocycles. The molecule has 0 bridgehead atoms. The topological polar surface area (TPSA) is 0 Å². The van der Waals surface area contributed by atoms with E-state index in [2.05, 4.69) is 38.1 Å². The number of hydrogen-bond acceptors (Lipinski definition) is 0. The van der Waals surface area contributed by atoms with Crippen LogP contribution in [0.1, 0.15) is 66.0 Å². The van der Waals surface area contributed by atoms with Crippen molar-refractivity contribution in [2.45, 2.75) is 72.1 Å². The summed E-state index contributed by atoms with van der Waals surface area (Å²) in [6.07, 6.45) is 10.9. The number of hydrogen-bond donors (Lipinski definition) is 0. The Morgan fingerprint density at radius 1 is 0.800 bits per heavy atom. The molecule has 0 radical (unpaired) electrons. The Morgan fingerprint density at radius 2 is 1.16 bits per heavy atom. The van der Waals surface area contributed by atoms with Gasteiger partial charge in [0.15, 0.2) is 0 Å². The van der Waals surface area contributed by atoms with Crippen molar-refractivity contribution in [1.82, 2.24) is 0 Å². The van der Waals surface area contributed by atoms with Crippen molar-refractivity contribution < 1.29 is 18.6 Å². The van der Waals surface area contributed by atoms with Crippen molar-refractivity contribution in [3.05, 3.63) is 57.6 Å². The third-order valence-corrected chi connectivity index (χ3v) is 10.1. The molecule has 2 aliphatic carbocycles.